The maximum Gasteiger partial charge on any atom is 0.138 e. The first kappa shape index (κ1) is 13.1. The number of halogens is 2. The van der Waals surface area contributed by atoms with Crippen LogP contribution in [0.25, 0.3) is 0 Å². The van der Waals surface area contributed by atoms with Crippen LogP contribution in [0.2, 0.25) is 0 Å². The van der Waals surface area contributed by atoms with E-state index in [1.807, 2.05) is 40.3 Å². The summed E-state index contributed by atoms with van der Waals surface area (Å²) in [5.41, 5.74) is 7.04. The maximum absolute atomic E-state index is 13.5. The molecular weight excluding hydrogens is 346 g/mol. The van der Waals surface area contributed by atoms with Crippen LogP contribution in [0.4, 0.5) is 15.8 Å². The third-order valence-electron chi connectivity index (χ3n) is 2.54. The van der Waals surface area contributed by atoms with E-state index >= 15 is 0 Å². The lowest BCUT2D eigenvalue weighted by atomic mass is 10.2. The van der Waals surface area contributed by atoms with Crippen molar-refractivity contribution in [2.75, 3.05) is 11.1 Å². The minimum atomic E-state index is -0.262. The lowest BCUT2D eigenvalue weighted by Crippen LogP contribution is -2.22. The highest BCUT2D eigenvalue weighted by Crippen LogP contribution is 2.24. The van der Waals surface area contributed by atoms with Crippen molar-refractivity contribution in [3.8, 4) is 0 Å². The highest BCUT2D eigenvalue weighted by molar-refractivity contribution is 14.1. The van der Waals surface area contributed by atoms with E-state index in [4.69, 9.17) is 5.73 Å². The molecule has 18 heavy (non-hydrogen) atoms. The number of nitrogen functional groups attached to an aromatic ring is 1. The number of nitrogens with two attached hydrogens (primary N) is 1. The van der Waals surface area contributed by atoms with Crippen LogP contribution in [0.3, 0.4) is 0 Å². The zero-order valence-electron chi connectivity index (χ0n) is 9.90. The molecule has 6 heteroatoms. The van der Waals surface area contributed by atoms with Crippen LogP contribution in [0.1, 0.15) is 6.92 Å². The molecule has 0 fully saturated rings. The normalized spacial score (nSPS) is 12.4. The summed E-state index contributed by atoms with van der Waals surface area (Å²) in [6.07, 6.45) is 5.36. The molecule has 0 aliphatic rings. The number of rotatable bonds is 4. The zero-order chi connectivity index (χ0) is 13.1. The fourth-order valence-corrected chi connectivity index (χ4v) is 2.20. The second kappa shape index (κ2) is 5.55. The van der Waals surface area contributed by atoms with Crippen molar-refractivity contribution in [2.24, 2.45) is 0 Å². The number of hydrogen-bond acceptors (Lipinski definition) is 3. The Hall–Kier alpha value is -1.31. The molecule has 0 spiro atoms. The number of anilines is 2. The van der Waals surface area contributed by atoms with E-state index in [2.05, 4.69) is 10.3 Å². The molecule has 1 atom stereocenters. The van der Waals surface area contributed by atoms with Crippen LogP contribution in [-0.2, 0) is 6.54 Å². The second-order valence-corrected chi connectivity index (χ2v) is 5.32. The monoisotopic (exact) mass is 360 g/mol. The molecule has 0 saturated heterocycles. The van der Waals surface area contributed by atoms with Crippen LogP contribution in [-0.4, -0.2) is 15.6 Å². The summed E-state index contributed by atoms with van der Waals surface area (Å²) >= 11 is 1.92. The number of nitrogens with zero attached hydrogens (tertiary/aromatic N) is 2. The lowest BCUT2D eigenvalue weighted by molar-refractivity contribution is 0.611. The molecule has 3 N–H and O–H groups in total. The first-order valence-corrected chi connectivity index (χ1v) is 6.61. The van der Waals surface area contributed by atoms with Gasteiger partial charge in [0.15, 0.2) is 0 Å². The Morgan fingerprint density at radius 3 is 3.00 bits per heavy atom. The van der Waals surface area contributed by atoms with E-state index in [-0.39, 0.29) is 11.9 Å². The SMILES string of the molecule is CC(Cn1ccnc1)Nc1cc(F)c(I)cc1N. The van der Waals surface area contributed by atoms with Gasteiger partial charge < -0.3 is 15.6 Å². The largest absolute Gasteiger partial charge is 0.397 e. The molecule has 0 saturated carbocycles. The first-order valence-electron chi connectivity index (χ1n) is 5.53. The van der Waals surface area contributed by atoms with Gasteiger partial charge >= 0.3 is 0 Å². The third kappa shape index (κ3) is 3.12. The average molecular weight is 360 g/mol. The molecule has 1 aromatic heterocycles. The van der Waals surface area contributed by atoms with Crippen molar-refractivity contribution in [1.82, 2.24) is 9.55 Å². The topological polar surface area (TPSA) is 55.9 Å². The van der Waals surface area contributed by atoms with E-state index in [1.165, 1.54) is 6.07 Å². The summed E-state index contributed by atoms with van der Waals surface area (Å²) in [4.78, 5) is 3.98. The van der Waals surface area contributed by atoms with Crippen LogP contribution in [0.5, 0.6) is 0 Å². The number of hydrogen-bond donors (Lipinski definition) is 2. The Morgan fingerprint density at radius 2 is 2.33 bits per heavy atom. The molecule has 4 nitrogen and oxygen atoms in total. The number of nitrogens with one attached hydrogen (secondary N) is 1. The molecule has 96 valence electrons. The third-order valence-corrected chi connectivity index (χ3v) is 3.36. The van der Waals surface area contributed by atoms with E-state index in [9.17, 15) is 4.39 Å². The van der Waals surface area contributed by atoms with Crippen molar-refractivity contribution >= 4 is 34.0 Å². The fraction of sp³-hybridized carbons (Fsp3) is 0.250. The van der Waals surface area contributed by atoms with Crippen LogP contribution < -0.4 is 11.1 Å². The zero-order valence-corrected chi connectivity index (χ0v) is 12.1. The molecular formula is C12H14FIN4. The first-order chi connectivity index (χ1) is 8.56. The van der Waals surface area contributed by atoms with Crippen LogP contribution in [0, 0.1) is 9.39 Å². The van der Waals surface area contributed by atoms with Crippen molar-refractivity contribution in [3.05, 3.63) is 40.2 Å². The predicted molar refractivity (Wildman–Crippen MR) is 78.8 cm³/mol. The fourth-order valence-electron chi connectivity index (χ4n) is 1.71. The Balaban J connectivity index is 2.07. The van der Waals surface area contributed by atoms with Gasteiger partial charge in [0.05, 0.1) is 21.3 Å². The molecule has 0 aliphatic heterocycles. The molecule has 0 amide bonds. The Labute approximate surface area is 119 Å². The van der Waals surface area contributed by atoms with Gasteiger partial charge in [0.2, 0.25) is 0 Å². The number of imidazole rings is 1. The van der Waals surface area contributed by atoms with Crippen LogP contribution >= 0.6 is 22.6 Å². The molecule has 2 rings (SSSR count). The van der Waals surface area contributed by atoms with E-state index in [0.717, 1.165) is 6.54 Å². The summed E-state index contributed by atoms with van der Waals surface area (Å²) in [5, 5.41) is 3.20. The van der Waals surface area contributed by atoms with E-state index < -0.39 is 0 Å². The Morgan fingerprint density at radius 1 is 1.56 bits per heavy atom. The van der Waals surface area contributed by atoms with Gasteiger partial charge in [0.1, 0.15) is 5.82 Å². The summed E-state index contributed by atoms with van der Waals surface area (Å²) in [6.45, 7) is 2.75. The van der Waals surface area contributed by atoms with Crippen molar-refractivity contribution in [3.63, 3.8) is 0 Å². The van der Waals surface area contributed by atoms with Crippen molar-refractivity contribution in [1.29, 1.82) is 0 Å². The molecule has 1 heterocycles. The van der Waals surface area contributed by atoms with Crippen molar-refractivity contribution < 1.29 is 4.39 Å². The summed E-state index contributed by atoms with van der Waals surface area (Å²) in [5.74, 6) is -0.262. The molecule has 0 aliphatic carbocycles. The van der Waals surface area contributed by atoms with Gasteiger partial charge in [-0.2, -0.15) is 0 Å². The van der Waals surface area contributed by atoms with Gasteiger partial charge in [0, 0.05) is 31.0 Å². The second-order valence-electron chi connectivity index (χ2n) is 4.16. The summed E-state index contributed by atoms with van der Waals surface area (Å²) in [6, 6.07) is 3.19. The van der Waals surface area contributed by atoms with Gasteiger partial charge in [-0.05, 0) is 35.6 Å². The van der Waals surface area contributed by atoms with Gasteiger partial charge in [-0.15, -0.1) is 0 Å². The molecule has 1 aromatic carbocycles. The average Bonchev–Trinajstić information content (AvgIpc) is 2.78. The Kier molecular flexibility index (Phi) is 4.05. The highest BCUT2D eigenvalue weighted by atomic mass is 127. The molecule has 2 aromatic rings. The Bertz CT molecular complexity index is 527. The quantitative estimate of drug-likeness (QED) is 0.651. The predicted octanol–water partition coefficient (Wildman–Crippen LogP) is 2.71. The molecule has 1 unspecified atom stereocenters. The lowest BCUT2D eigenvalue weighted by Gasteiger charge is -2.17. The standard InChI is InChI=1S/C12H14FIN4/c1-8(6-18-3-2-16-7-18)17-12-4-9(13)10(14)5-11(12)15/h2-5,7-8,17H,6,15H2,1H3. The summed E-state index contributed by atoms with van der Waals surface area (Å²) in [7, 11) is 0. The maximum atomic E-state index is 13.5. The minimum Gasteiger partial charge on any atom is -0.397 e. The van der Waals surface area contributed by atoms with Gasteiger partial charge in [-0.3, -0.25) is 0 Å². The number of aromatic nitrogens is 2. The van der Waals surface area contributed by atoms with E-state index in [0.29, 0.717) is 14.9 Å². The molecule has 0 radical (unpaired) electrons. The van der Waals surface area contributed by atoms with Crippen molar-refractivity contribution in [2.45, 2.75) is 19.5 Å². The van der Waals surface area contributed by atoms with E-state index in [1.54, 1.807) is 18.6 Å². The highest BCUT2D eigenvalue weighted by Gasteiger charge is 2.09. The van der Waals surface area contributed by atoms with Gasteiger partial charge in [-0.25, -0.2) is 9.37 Å². The van der Waals surface area contributed by atoms with Crippen LogP contribution in [0.15, 0.2) is 30.9 Å². The van der Waals surface area contributed by atoms with Gasteiger partial charge in [-0.1, -0.05) is 0 Å². The minimum absolute atomic E-state index is 0.126. The molecule has 0 bridgehead atoms. The summed E-state index contributed by atoms with van der Waals surface area (Å²) < 4.78 is 15.9. The smallest absolute Gasteiger partial charge is 0.138 e. The number of benzene rings is 1. The van der Waals surface area contributed by atoms with Gasteiger partial charge in [0.25, 0.3) is 0 Å².